The molecule has 0 aliphatic carbocycles. The van der Waals surface area contributed by atoms with Gasteiger partial charge in [0, 0.05) is 35.6 Å². The van der Waals surface area contributed by atoms with Gasteiger partial charge in [-0.2, -0.15) is 10.2 Å². The predicted molar refractivity (Wildman–Crippen MR) is 116 cm³/mol. The molecule has 148 valence electrons. The van der Waals surface area contributed by atoms with Gasteiger partial charge < -0.3 is 10.6 Å². The molecule has 0 aliphatic rings. The minimum atomic E-state index is -0.221. The van der Waals surface area contributed by atoms with Crippen molar-refractivity contribution in [1.82, 2.24) is 30.2 Å². The van der Waals surface area contributed by atoms with Gasteiger partial charge in [0.05, 0.1) is 11.7 Å². The molecular weight excluding hydrogens is 400 g/mol. The number of hydrogen-bond donors (Lipinski definition) is 3. The molecule has 0 atom stereocenters. The van der Waals surface area contributed by atoms with E-state index in [2.05, 4.69) is 36.1 Å². The third-order valence-electron chi connectivity index (χ3n) is 4.54. The Kier molecular flexibility index (Phi) is 4.45. The second-order valence-electron chi connectivity index (χ2n) is 6.58. The van der Waals surface area contributed by atoms with E-state index in [0.717, 1.165) is 27.2 Å². The van der Waals surface area contributed by atoms with Crippen LogP contribution < -0.4 is 10.6 Å². The summed E-state index contributed by atoms with van der Waals surface area (Å²) in [5, 5.41) is 28.1. The van der Waals surface area contributed by atoms with Crippen LogP contribution in [0.1, 0.15) is 10.5 Å². The van der Waals surface area contributed by atoms with Gasteiger partial charge in [-0.3, -0.25) is 14.6 Å². The quantitative estimate of drug-likeness (QED) is 0.401. The first-order valence-corrected chi connectivity index (χ1v) is 9.91. The zero-order chi connectivity index (χ0) is 20.5. The number of carbonyl (C=O) groups is 1. The average molecular weight is 416 g/mol. The van der Waals surface area contributed by atoms with Crippen LogP contribution in [-0.2, 0) is 7.05 Å². The van der Waals surface area contributed by atoms with Crippen LogP contribution in [0.15, 0.2) is 60.9 Å². The highest BCUT2D eigenvalue weighted by molar-refractivity contribution is 7.18. The van der Waals surface area contributed by atoms with Crippen molar-refractivity contribution in [2.24, 2.45) is 7.05 Å². The predicted octanol–water partition coefficient (Wildman–Crippen LogP) is 3.81. The Hall–Kier alpha value is -4.05. The molecule has 3 N–H and O–H groups in total. The lowest BCUT2D eigenvalue weighted by Gasteiger charge is -2.06. The summed E-state index contributed by atoms with van der Waals surface area (Å²) in [4.78, 5) is 12.4. The number of benzene rings is 2. The molecule has 0 fully saturated rings. The van der Waals surface area contributed by atoms with Gasteiger partial charge in [0.25, 0.3) is 5.91 Å². The van der Waals surface area contributed by atoms with Crippen LogP contribution in [0.2, 0.25) is 0 Å². The second kappa shape index (κ2) is 7.41. The number of rotatable bonds is 5. The molecule has 3 aromatic heterocycles. The van der Waals surface area contributed by atoms with E-state index in [0.29, 0.717) is 16.5 Å². The summed E-state index contributed by atoms with van der Waals surface area (Å²) in [6.45, 7) is 0. The zero-order valence-electron chi connectivity index (χ0n) is 15.8. The highest BCUT2D eigenvalue weighted by Gasteiger charge is 2.12. The van der Waals surface area contributed by atoms with Gasteiger partial charge in [-0.05, 0) is 36.4 Å². The molecule has 5 rings (SSSR count). The molecule has 9 nitrogen and oxygen atoms in total. The van der Waals surface area contributed by atoms with E-state index in [-0.39, 0.29) is 5.91 Å². The fourth-order valence-electron chi connectivity index (χ4n) is 3.06. The van der Waals surface area contributed by atoms with Crippen molar-refractivity contribution in [2.75, 3.05) is 10.6 Å². The molecule has 0 bridgehead atoms. The molecule has 30 heavy (non-hydrogen) atoms. The summed E-state index contributed by atoms with van der Waals surface area (Å²) in [6, 6.07) is 15.1. The van der Waals surface area contributed by atoms with E-state index < -0.39 is 0 Å². The minimum Gasteiger partial charge on any atom is -0.330 e. The molecule has 10 heteroatoms. The van der Waals surface area contributed by atoms with Crippen molar-refractivity contribution in [2.45, 2.75) is 0 Å². The molecule has 0 spiro atoms. The molecular formula is C20H16N8OS. The molecule has 0 radical (unpaired) electrons. The zero-order valence-corrected chi connectivity index (χ0v) is 16.6. The first-order chi connectivity index (χ1) is 14.7. The van der Waals surface area contributed by atoms with Crippen molar-refractivity contribution in [1.29, 1.82) is 0 Å². The molecule has 0 saturated heterocycles. The number of carbonyl (C=O) groups excluding carboxylic acids is 1. The van der Waals surface area contributed by atoms with Gasteiger partial charge in [-0.25, -0.2) is 0 Å². The highest BCUT2D eigenvalue weighted by atomic mass is 32.1. The number of nitrogens with one attached hydrogen (secondary N) is 3. The maximum atomic E-state index is 12.4. The van der Waals surface area contributed by atoms with Gasteiger partial charge in [-0.1, -0.05) is 23.5 Å². The lowest BCUT2D eigenvalue weighted by Crippen LogP contribution is -2.16. The van der Waals surface area contributed by atoms with Crippen molar-refractivity contribution in [3.63, 3.8) is 0 Å². The van der Waals surface area contributed by atoms with Crippen LogP contribution >= 0.6 is 11.3 Å². The number of aryl methyl sites for hydroxylation is 1. The Bertz CT molecular complexity index is 1350. The van der Waals surface area contributed by atoms with E-state index in [9.17, 15) is 4.79 Å². The number of H-pyrrole nitrogens is 1. The summed E-state index contributed by atoms with van der Waals surface area (Å²) in [7, 11) is 1.73. The Morgan fingerprint density at radius 3 is 2.90 bits per heavy atom. The van der Waals surface area contributed by atoms with Crippen LogP contribution in [0.3, 0.4) is 0 Å². The third-order valence-corrected chi connectivity index (χ3v) is 5.43. The number of aromatic amines is 1. The van der Waals surface area contributed by atoms with Gasteiger partial charge in [0.1, 0.15) is 10.7 Å². The van der Waals surface area contributed by atoms with Gasteiger partial charge in [0.15, 0.2) is 0 Å². The number of hydrogen-bond acceptors (Lipinski definition) is 7. The van der Waals surface area contributed by atoms with Crippen LogP contribution in [0.5, 0.6) is 0 Å². The van der Waals surface area contributed by atoms with Gasteiger partial charge in [0.2, 0.25) is 5.13 Å². The van der Waals surface area contributed by atoms with Crippen molar-refractivity contribution >= 4 is 44.7 Å². The normalized spacial score (nSPS) is 11.0. The summed E-state index contributed by atoms with van der Waals surface area (Å²) in [6.07, 6.45) is 3.36. The van der Waals surface area contributed by atoms with Crippen molar-refractivity contribution in [3.8, 4) is 10.6 Å². The van der Waals surface area contributed by atoms with Crippen LogP contribution in [-0.4, -0.2) is 36.1 Å². The molecule has 2 aromatic carbocycles. The van der Waals surface area contributed by atoms with Gasteiger partial charge >= 0.3 is 0 Å². The summed E-state index contributed by atoms with van der Waals surface area (Å²) < 4.78 is 1.53. The highest BCUT2D eigenvalue weighted by Crippen LogP contribution is 2.30. The molecule has 1 amide bonds. The second-order valence-corrected chi connectivity index (χ2v) is 7.56. The standard InChI is InChI=1S/C20H16N8OS/c1-28-17(7-8-22-28)18(29)23-14-4-2-3-12(9-14)19-26-27-20(30-19)24-15-5-6-16-13(10-15)11-21-25-16/h2-11H,1H3,(H,21,25)(H,23,29)(H,24,27). The van der Waals surface area contributed by atoms with E-state index in [1.165, 1.54) is 16.0 Å². The molecule has 0 aliphatic heterocycles. The first-order valence-electron chi connectivity index (χ1n) is 9.09. The monoisotopic (exact) mass is 416 g/mol. The number of fused-ring (bicyclic) bond motifs is 1. The number of aromatic nitrogens is 6. The number of anilines is 3. The minimum absolute atomic E-state index is 0.221. The van der Waals surface area contributed by atoms with Crippen molar-refractivity contribution < 1.29 is 4.79 Å². The van der Waals surface area contributed by atoms with Crippen molar-refractivity contribution in [3.05, 3.63) is 66.6 Å². The maximum absolute atomic E-state index is 12.4. The maximum Gasteiger partial charge on any atom is 0.273 e. The van der Waals surface area contributed by atoms with Crippen LogP contribution in [0.4, 0.5) is 16.5 Å². The fraction of sp³-hybridized carbons (Fsp3) is 0.0500. The van der Waals surface area contributed by atoms with E-state index >= 15 is 0 Å². The Morgan fingerprint density at radius 1 is 1.10 bits per heavy atom. The summed E-state index contributed by atoms with van der Waals surface area (Å²) >= 11 is 1.43. The molecule has 3 heterocycles. The molecule has 0 saturated carbocycles. The number of nitrogens with zero attached hydrogens (tertiary/aromatic N) is 5. The Morgan fingerprint density at radius 2 is 2.03 bits per heavy atom. The van der Waals surface area contributed by atoms with Gasteiger partial charge in [-0.15, -0.1) is 10.2 Å². The third kappa shape index (κ3) is 3.51. The average Bonchev–Trinajstić information content (AvgIpc) is 3.48. The van der Waals surface area contributed by atoms with E-state index in [4.69, 9.17) is 0 Å². The topological polar surface area (TPSA) is 113 Å². The molecule has 0 unspecified atom stereocenters. The van der Waals surface area contributed by atoms with Crippen LogP contribution in [0.25, 0.3) is 21.5 Å². The summed E-state index contributed by atoms with van der Waals surface area (Å²) in [5.74, 6) is -0.221. The fourth-order valence-corrected chi connectivity index (χ4v) is 3.82. The SMILES string of the molecule is Cn1nccc1C(=O)Nc1cccc(-c2nnc(Nc3ccc4[nH]ncc4c3)s2)c1. The Labute approximate surface area is 174 Å². The lowest BCUT2D eigenvalue weighted by atomic mass is 10.2. The molecule has 5 aromatic rings. The van der Waals surface area contributed by atoms with Crippen LogP contribution in [0, 0.1) is 0 Å². The van der Waals surface area contributed by atoms with E-state index in [1.54, 1.807) is 25.5 Å². The first kappa shape index (κ1) is 18.0. The summed E-state index contributed by atoms with van der Waals surface area (Å²) in [5.41, 5.74) is 3.91. The van der Waals surface area contributed by atoms with E-state index in [1.807, 2.05) is 42.5 Å². The largest absolute Gasteiger partial charge is 0.330 e. The Balaban J connectivity index is 1.33. The lowest BCUT2D eigenvalue weighted by molar-refractivity contribution is 0.101. The number of amides is 1. The smallest absolute Gasteiger partial charge is 0.273 e.